The molecule has 0 atom stereocenters. The Balaban J connectivity index is 0.00000289. The molecule has 8 heteroatoms. The van der Waals surface area contributed by atoms with Gasteiger partial charge in [-0.1, -0.05) is 18.2 Å². The van der Waals surface area contributed by atoms with Crippen molar-refractivity contribution < 1.29 is 73.9 Å². The Bertz CT molecular complexity index is 514. The molecule has 0 bridgehead atoms. The largest absolute Gasteiger partial charge is 1.00 e. The van der Waals surface area contributed by atoms with Crippen LogP contribution < -0.4 is 56.7 Å². The van der Waals surface area contributed by atoms with Crippen molar-refractivity contribution in [2.24, 2.45) is 0 Å². The van der Waals surface area contributed by atoms with Gasteiger partial charge < -0.3 is 9.87 Å². The standard InChI is InChI=1S/C10H11NO5S.K/c12-9(7-17(14,15)16)6-10(13)11-8-4-2-1-3-5-8;/h1-5H,6-7H2,(H,11,13)(H,14,15,16);/q;+1/p-1. The summed E-state index contributed by atoms with van der Waals surface area (Å²) in [5, 5.41) is 2.40. The maximum Gasteiger partial charge on any atom is 1.00 e. The molecule has 6 nitrogen and oxygen atoms in total. The van der Waals surface area contributed by atoms with Crippen molar-refractivity contribution in [1.29, 1.82) is 0 Å². The summed E-state index contributed by atoms with van der Waals surface area (Å²) in [6, 6.07) is 8.38. The van der Waals surface area contributed by atoms with E-state index in [9.17, 15) is 22.6 Å². The first-order chi connectivity index (χ1) is 7.87. The molecule has 0 aromatic heterocycles. The van der Waals surface area contributed by atoms with E-state index in [4.69, 9.17) is 0 Å². The van der Waals surface area contributed by atoms with E-state index in [0.717, 1.165) is 0 Å². The number of carbonyl (C=O) groups is 2. The quantitative estimate of drug-likeness (QED) is 0.357. The molecule has 1 aromatic carbocycles. The van der Waals surface area contributed by atoms with E-state index in [2.05, 4.69) is 5.32 Å². The van der Waals surface area contributed by atoms with E-state index in [-0.39, 0.29) is 51.4 Å². The van der Waals surface area contributed by atoms with Crippen LogP contribution in [0.1, 0.15) is 6.42 Å². The molecule has 0 spiro atoms. The number of hydrogen-bond donors (Lipinski definition) is 1. The molecule has 0 heterocycles. The number of carbonyl (C=O) groups excluding carboxylic acids is 2. The predicted molar refractivity (Wildman–Crippen MR) is 59.3 cm³/mol. The molecule has 1 N–H and O–H groups in total. The van der Waals surface area contributed by atoms with E-state index < -0.39 is 34.0 Å². The predicted octanol–water partition coefficient (Wildman–Crippen LogP) is -2.87. The van der Waals surface area contributed by atoms with Crippen LogP contribution in [-0.4, -0.2) is 30.4 Å². The summed E-state index contributed by atoms with van der Waals surface area (Å²) in [7, 11) is -4.62. The van der Waals surface area contributed by atoms with Crippen LogP contribution in [0.4, 0.5) is 5.69 Å². The third-order valence-corrected chi connectivity index (χ3v) is 2.43. The molecule has 0 unspecified atom stereocenters. The average Bonchev–Trinajstić information content (AvgIpc) is 2.15. The summed E-state index contributed by atoms with van der Waals surface area (Å²) < 4.78 is 30.8. The van der Waals surface area contributed by atoms with Crippen molar-refractivity contribution in [1.82, 2.24) is 0 Å². The minimum atomic E-state index is -4.62. The smallest absolute Gasteiger partial charge is 0.748 e. The zero-order chi connectivity index (χ0) is 12.9. The molecular formula is C10H10KNO5S. The number of nitrogens with one attached hydrogen (secondary N) is 1. The molecule has 0 radical (unpaired) electrons. The minimum Gasteiger partial charge on any atom is -0.748 e. The molecule has 0 aliphatic heterocycles. The molecule has 0 saturated heterocycles. The number of anilines is 1. The van der Waals surface area contributed by atoms with E-state index in [1.54, 1.807) is 30.3 Å². The molecule has 92 valence electrons. The normalized spacial score (nSPS) is 10.3. The Morgan fingerprint density at radius 2 is 1.72 bits per heavy atom. The molecule has 0 aliphatic rings. The number of para-hydroxylation sites is 1. The molecular weight excluding hydrogens is 285 g/mol. The number of Topliss-reactive ketones (excluding diaryl/α,β-unsaturated/α-hetero) is 1. The van der Waals surface area contributed by atoms with Gasteiger partial charge in [0.25, 0.3) is 0 Å². The SMILES string of the molecule is O=C(CC(=O)Nc1ccccc1)CS(=O)(=O)[O-].[K+]. The molecule has 0 aliphatic carbocycles. The molecule has 1 amide bonds. The second-order valence-corrected chi connectivity index (χ2v) is 4.74. The fourth-order valence-corrected chi connectivity index (χ4v) is 1.65. The van der Waals surface area contributed by atoms with Crippen molar-refractivity contribution in [2.45, 2.75) is 6.42 Å². The maximum absolute atomic E-state index is 11.3. The molecule has 1 aromatic rings. The summed E-state index contributed by atoms with van der Waals surface area (Å²) in [6.45, 7) is 0. The van der Waals surface area contributed by atoms with Crippen LogP contribution in [0.25, 0.3) is 0 Å². The number of amides is 1. The van der Waals surface area contributed by atoms with Crippen molar-refractivity contribution in [2.75, 3.05) is 11.1 Å². The first-order valence-electron chi connectivity index (χ1n) is 4.67. The van der Waals surface area contributed by atoms with E-state index in [1.807, 2.05) is 0 Å². The van der Waals surface area contributed by atoms with Crippen molar-refractivity contribution >= 4 is 27.5 Å². The fourth-order valence-electron chi connectivity index (χ4n) is 1.15. The van der Waals surface area contributed by atoms with Gasteiger partial charge in [-0.05, 0) is 12.1 Å². The van der Waals surface area contributed by atoms with Gasteiger partial charge in [-0.3, -0.25) is 9.59 Å². The van der Waals surface area contributed by atoms with Crippen LogP contribution in [0.5, 0.6) is 0 Å². The van der Waals surface area contributed by atoms with Gasteiger partial charge in [0.15, 0.2) is 5.78 Å². The minimum absolute atomic E-state index is 0. The van der Waals surface area contributed by atoms with E-state index in [0.29, 0.717) is 5.69 Å². The Morgan fingerprint density at radius 1 is 1.17 bits per heavy atom. The second-order valence-electron chi connectivity index (χ2n) is 3.33. The van der Waals surface area contributed by atoms with Gasteiger partial charge in [0.05, 0.1) is 12.2 Å². The molecule has 0 fully saturated rings. The van der Waals surface area contributed by atoms with Gasteiger partial charge in [-0.2, -0.15) is 0 Å². The Morgan fingerprint density at radius 3 is 2.22 bits per heavy atom. The number of ketones is 1. The Kier molecular flexibility index (Phi) is 8.11. The topological polar surface area (TPSA) is 103 Å². The third-order valence-electron chi connectivity index (χ3n) is 1.75. The average molecular weight is 295 g/mol. The first kappa shape index (κ1) is 17.9. The second kappa shape index (κ2) is 8.15. The first-order valence-corrected chi connectivity index (χ1v) is 6.25. The summed E-state index contributed by atoms with van der Waals surface area (Å²) >= 11 is 0. The van der Waals surface area contributed by atoms with Crippen molar-refractivity contribution in [3.8, 4) is 0 Å². The van der Waals surface area contributed by atoms with Crippen molar-refractivity contribution in [3.05, 3.63) is 30.3 Å². The van der Waals surface area contributed by atoms with Gasteiger partial charge in [-0.25, -0.2) is 8.42 Å². The van der Waals surface area contributed by atoms with Crippen LogP contribution in [0.3, 0.4) is 0 Å². The van der Waals surface area contributed by atoms with E-state index >= 15 is 0 Å². The number of hydrogen-bond acceptors (Lipinski definition) is 5. The van der Waals surface area contributed by atoms with Gasteiger partial charge >= 0.3 is 51.4 Å². The van der Waals surface area contributed by atoms with Gasteiger partial charge in [0, 0.05) is 5.69 Å². The van der Waals surface area contributed by atoms with Crippen LogP contribution in [-0.2, 0) is 19.7 Å². The van der Waals surface area contributed by atoms with Gasteiger partial charge in [0.2, 0.25) is 5.91 Å². The zero-order valence-electron chi connectivity index (χ0n) is 9.75. The maximum atomic E-state index is 11.3. The van der Waals surface area contributed by atoms with Gasteiger partial charge in [-0.15, -0.1) is 0 Å². The zero-order valence-corrected chi connectivity index (χ0v) is 13.7. The van der Waals surface area contributed by atoms with E-state index in [1.165, 1.54) is 0 Å². The van der Waals surface area contributed by atoms with Crippen LogP contribution in [0.2, 0.25) is 0 Å². The summed E-state index contributed by atoms with van der Waals surface area (Å²) in [5.41, 5.74) is 0.496. The van der Waals surface area contributed by atoms with Crippen LogP contribution in [0.15, 0.2) is 30.3 Å². The molecule has 1 rings (SSSR count). The summed E-state index contributed by atoms with van der Waals surface area (Å²) in [5.74, 6) is -2.73. The van der Waals surface area contributed by atoms with Crippen molar-refractivity contribution in [3.63, 3.8) is 0 Å². The third kappa shape index (κ3) is 8.09. The number of benzene rings is 1. The summed E-state index contributed by atoms with van der Waals surface area (Å²) in [6.07, 6.45) is -0.629. The monoisotopic (exact) mass is 295 g/mol. The molecule has 18 heavy (non-hydrogen) atoms. The Labute approximate surface area is 147 Å². The van der Waals surface area contributed by atoms with Crippen LogP contribution in [0, 0.1) is 0 Å². The van der Waals surface area contributed by atoms with Crippen LogP contribution >= 0.6 is 0 Å². The van der Waals surface area contributed by atoms with Gasteiger partial charge in [0.1, 0.15) is 10.1 Å². The Hall–Kier alpha value is -0.0936. The number of rotatable bonds is 5. The fraction of sp³-hybridized carbons (Fsp3) is 0.200. The summed E-state index contributed by atoms with van der Waals surface area (Å²) in [4.78, 5) is 22.3. The molecule has 0 saturated carbocycles.